The first-order valence-corrected chi connectivity index (χ1v) is 8.43. The summed E-state index contributed by atoms with van der Waals surface area (Å²) in [7, 11) is 0. The summed E-state index contributed by atoms with van der Waals surface area (Å²) in [5.41, 5.74) is 1.86. The Bertz CT molecular complexity index is 845. The van der Waals surface area contributed by atoms with Gasteiger partial charge in [-0.2, -0.15) is 0 Å². The van der Waals surface area contributed by atoms with Crippen LogP contribution in [0, 0.1) is 6.92 Å². The minimum Gasteiger partial charge on any atom is -0.503 e. The maximum Gasteiger partial charge on any atom is 0.294 e. The highest BCUT2D eigenvalue weighted by Gasteiger charge is 2.45. The van der Waals surface area contributed by atoms with Crippen LogP contribution >= 0.6 is 0 Å². The number of Topliss-reactive ketones (excluding diaryl/α,β-unsaturated/α-hetero) is 1. The summed E-state index contributed by atoms with van der Waals surface area (Å²) in [5.74, 6) is -0.201. The number of nitrogens with zero attached hydrogens (tertiary/aromatic N) is 1. The van der Waals surface area contributed by atoms with E-state index in [9.17, 15) is 14.7 Å². The average Bonchev–Trinajstić information content (AvgIpc) is 3.16. The normalized spacial score (nSPS) is 17.5. The zero-order chi connectivity index (χ0) is 18.1. The lowest BCUT2D eigenvalue weighted by molar-refractivity contribution is -0.118. The lowest BCUT2D eigenvalue weighted by Crippen LogP contribution is -2.30. The highest BCUT2D eigenvalue weighted by Crippen LogP contribution is 2.41. The number of aliphatic hydroxyl groups excluding tert-OH is 1. The van der Waals surface area contributed by atoms with Crippen molar-refractivity contribution in [3.05, 3.63) is 64.8 Å². The van der Waals surface area contributed by atoms with Crippen LogP contribution in [0.4, 0.5) is 5.69 Å². The van der Waals surface area contributed by atoms with Crippen molar-refractivity contribution in [1.82, 2.24) is 0 Å². The smallest absolute Gasteiger partial charge is 0.294 e. The Kier molecular flexibility index (Phi) is 4.49. The van der Waals surface area contributed by atoms with Gasteiger partial charge in [-0.05, 0) is 43.2 Å². The summed E-state index contributed by atoms with van der Waals surface area (Å²) in [5, 5.41) is 10.4. The van der Waals surface area contributed by atoms with Crippen molar-refractivity contribution in [1.29, 1.82) is 0 Å². The van der Waals surface area contributed by atoms with Crippen LogP contribution in [0.15, 0.2) is 52.1 Å². The molecule has 5 nitrogen and oxygen atoms in total. The van der Waals surface area contributed by atoms with Gasteiger partial charge >= 0.3 is 0 Å². The maximum absolute atomic E-state index is 12.7. The van der Waals surface area contributed by atoms with E-state index in [1.165, 1.54) is 4.90 Å². The number of hydrogen-bond acceptors (Lipinski definition) is 4. The molecule has 1 aliphatic heterocycles. The van der Waals surface area contributed by atoms with Gasteiger partial charge in [-0.15, -0.1) is 0 Å². The number of aryl methyl sites for hydroxylation is 2. The van der Waals surface area contributed by atoms with Crippen LogP contribution < -0.4 is 4.90 Å². The molecule has 25 heavy (non-hydrogen) atoms. The molecule has 1 aromatic carbocycles. The highest BCUT2D eigenvalue weighted by atomic mass is 16.3. The molecule has 1 N–H and O–H groups in total. The molecule has 1 aliphatic rings. The highest BCUT2D eigenvalue weighted by molar-refractivity contribution is 6.16. The van der Waals surface area contributed by atoms with Crippen molar-refractivity contribution in [3.8, 4) is 0 Å². The van der Waals surface area contributed by atoms with Crippen molar-refractivity contribution < 1.29 is 19.1 Å². The monoisotopic (exact) mass is 339 g/mol. The van der Waals surface area contributed by atoms with Gasteiger partial charge in [-0.1, -0.05) is 26.0 Å². The molecule has 3 rings (SSSR count). The molecule has 0 aliphatic carbocycles. The van der Waals surface area contributed by atoms with Crippen LogP contribution in [-0.4, -0.2) is 16.8 Å². The molecule has 1 atom stereocenters. The number of carbonyl (C=O) groups is 2. The van der Waals surface area contributed by atoms with Crippen LogP contribution in [-0.2, 0) is 16.0 Å². The van der Waals surface area contributed by atoms with E-state index in [-0.39, 0.29) is 17.8 Å². The molecule has 0 spiro atoms. The van der Waals surface area contributed by atoms with Crippen LogP contribution in [0.25, 0.3) is 0 Å². The van der Waals surface area contributed by atoms with Gasteiger partial charge < -0.3 is 9.52 Å². The first kappa shape index (κ1) is 17.0. The Morgan fingerprint density at radius 1 is 1.16 bits per heavy atom. The largest absolute Gasteiger partial charge is 0.503 e. The summed E-state index contributed by atoms with van der Waals surface area (Å²) in [6, 6.07) is 10.3. The van der Waals surface area contributed by atoms with E-state index in [4.69, 9.17) is 4.42 Å². The minimum absolute atomic E-state index is 0.0985. The Hall–Kier alpha value is -2.82. The topological polar surface area (TPSA) is 70.8 Å². The molecule has 1 amide bonds. The fourth-order valence-electron chi connectivity index (χ4n) is 3.11. The number of carbonyl (C=O) groups excluding carboxylic acids is 2. The second kappa shape index (κ2) is 6.59. The molecule has 2 heterocycles. The summed E-state index contributed by atoms with van der Waals surface area (Å²) in [6.07, 6.45) is 1.09. The molecule has 0 radical (unpaired) electrons. The molecule has 0 saturated heterocycles. The van der Waals surface area contributed by atoms with E-state index in [0.717, 1.165) is 12.0 Å². The minimum atomic E-state index is -0.749. The maximum atomic E-state index is 12.7. The molecule has 0 fully saturated rings. The van der Waals surface area contributed by atoms with Gasteiger partial charge in [0.1, 0.15) is 17.6 Å². The summed E-state index contributed by atoms with van der Waals surface area (Å²) in [6.45, 7) is 5.55. The third kappa shape index (κ3) is 2.86. The lowest BCUT2D eigenvalue weighted by Gasteiger charge is -2.25. The summed E-state index contributed by atoms with van der Waals surface area (Å²) < 4.78 is 5.69. The lowest BCUT2D eigenvalue weighted by atomic mass is 9.99. The molecule has 0 saturated carbocycles. The van der Waals surface area contributed by atoms with Crippen LogP contribution in [0.3, 0.4) is 0 Å². The summed E-state index contributed by atoms with van der Waals surface area (Å²) in [4.78, 5) is 26.5. The van der Waals surface area contributed by atoms with Crippen LogP contribution in [0.5, 0.6) is 0 Å². The predicted molar refractivity (Wildman–Crippen MR) is 94.4 cm³/mol. The Morgan fingerprint density at radius 3 is 2.36 bits per heavy atom. The Morgan fingerprint density at radius 2 is 1.84 bits per heavy atom. The number of anilines is 1. The van der Waals surface area contributed by atoms with Gasteiger partial charge in [-0.25, -0.2) is 0 Å². The average molecular weight is 339 g/mol. The molecule has 5 heteroatoms. The third-order valence-corrected chi connectivity index (χ3v) is 4.48. The first-order chi connectivity index (χ1) is 12.0. The quantitative estimate of drug-likeness (QED) is 0.893. The second-order valence-electron chi connectivity index (χ2n) is 6.09. The molecule has 1 aromatic heterocycles. The van der Waals surface area contributed by atoms with Gasteiger partial charge in [0.15, 0.2) is 11.5 Å². The van der Waals surface area contributed by atoms with E-state index in [1.807, 2.05) is 24.3 Å². The third-order valence-electron chi connectivity index (χ3n) is 4.48. The number of hydrogen-bond donors (Lipinski definition) is 1. The van der Waals surface area contributed by atoms with Crippen molar-refractivity contribution >= 4 is 17.4 Å². The number of aliphatic hydroxyl groups is 1. The second-order valence-corrected chi connectivity index (χ2v) is 6.09. The van der Waals surface area contributed by atoms with Gasteiger partial charge in [-0.3, -0.25) is 14.5 Å². The van der Waals surface area contributed by atoms with Crippen molar-refractivity contribution in [2.45, 2.75) is 39.7 Å². The fourth-order valence-corrected chi connectivity index (χ4v) is 3.11. The Balaban J connectivity index is 2.12. The molecular weight excluding hydrogens is 318 g/mol. The fraction of sp³-hybridized carbons (Fsp3) is 0.300. The van der Waals surface area contributed by atoms with Crippen molar-refractivity contribution in [2.24, 2.45) is 0 Å². The van der Waals surface area contributed by atoms with Gasteiger partial charge in [0.2, 0.25) is 0 Å². The molecule has 0 bridgehead atoms. The number of amides is 1. The molecule has 1 unspecified atom stereocenters. The van der Waals surface area contributed by atoms with Gasteiger partial charge in [0, 0.05) is 12.1 Å². The standard InChI is InChI=1S/C20H21NO4/c1-4-13-7-9-14(10-8-13)21-18(16-11-6-12(3)25-16)17(15(22)5-2)19(23)20(21)24/h6-11,18,23H,4-5H2,1-3H3. The number of rotatable bonds is 5. The summed E-state index contributed by atoms with van der Waals surface area (Å²) >= 11 is 0. The molecule has 130 valence electrons. The van der Waals surface area contributed by atoms with E-state index in [1.54, 1.807) is 26.0 Å². The van der Waals surface area contributed by atoms with E-state index in [2.05, 4.69) is 6.92 Å². The van der Waals surface area contributed by atoms with Crippen LogP contribution in [0.1, 0.15) is 43.4 Å². The van der Waals surface area contributed by atoms with Gasteiger partial charge in [0.25, 0.3) is 5.91 Å². The van der Waals surface area contributed by atoms with E-state index >= 15 is 0 Å². The number of ketones is 1. The predicted octanol–water partition coefficient (Wildman–Crippen LogP) is 4.03. The Labute approximate surface area is 146 Å². The zero-order valence-electron chi connectivity index (χ0n) is 14.6. The van der Waals surface area contributed by atoms with E-state index in [0.29, 0.717) is 17.2 Å². The van der Waals surface area contributed by atoms with Gasteiger partial charge in [0.05, 0.1) is 5.57 Å². The number of benzene rings is 1. The van der Waals surface area contributed by atoms with Crippen molar-refractivity contribution in [2.75, 3.05) is 4.90 Å². The van der Waals surface area contributed by atoms with E-state index < -0.39 is 17.7 Å². The molecule has 2 aromatic rings. The molecular formula is C20H21NO4. The zero-order valence-corrected chi connectivity index (χ0v) is 14.6. The SMILES string of the molecule is CCC(=O)C1=C(O)C(=O)N(c2ccc(CC)cc2)C1c1ccc(C)o1. The van der Waals surface area contributed by atoms with Crippen LogP contribution in [0.2, 0.25) is 0 Å². The van der Waals surface area contributed by atoms with Crippen molar-refractivity contribution in [3.63, 3.8) is 0 Å². The number of furan rings is 1. The first-order valence-electron chi connectivity index (χ1n) is 8.43.